The summed E-state index contributed by atoms with van der Waals surface area (Å²) in [5.41, 5.74) is -0.807. The predicted octanol–water partition coefficient (Wildman–Crippen LogP) is 2.78. The fraction of sp³-hybridized carbons (Fsp3) is 0.571. The maximum absolute atomic E-state index is 11.4. The number of hydrogen-bond donors (Lipinski definition) is 0. The lowest BCUT2D eigenvalue weighted by Crippen LogP contribution is -2.47. The van der Waals surface area contributed by atoms with E-state index in [2.05, 4.69) is 13.2 Å². The Kier molecular flexibility index (Phi) is 7.01. The van der Waals surface area contributed by atoms with Gasteiger partial charge in [-0.1, -0.05) is 33.9 Å². The minimum Gasteiger partial charge on any atom is -0.455 e. The molecule has 0 bridgehead atoms. The lowest BCUT2D eigenvalue weighted by atomic mass is 9.88. The van der Waals surface area contributed by atoms with Gasteiger partial charge in [0.2, 0.25) is 0 Å². The summed E-state index contributed by atoms with van der Waals surface area (Å²) in [6, 6.07) is 0. The minimum atomic E-state index is -0.807. The van der Waals surface area contributed by atoms with E-state index in [1.807, 2.05) is 20.8 Å². The molecular weight excluding hydrogens is 232 g/mol. The first-order chi connectivity index (χ1) is 8.49. The van der Waals surface area contributed by atoms with E-state index in [-0.39, 0.29) is 0 Å². The number of carbonyl (C=O) groups is 2. The molecule has 0 heterocycles. The molecule has 102 valence electrons. The number of hydrogen-bond acceptors (Lipinski definition) is 4. The highest BCUT2D eigenvalue weighted by atomic mass is 16.6. The molecule has 1 unspecified atom stereocenters. The van der Waals surface area contributed by atoms with E-state index in [1.165, 1.54) is 0 Å². The van der Waals surface area contributed by atoms with Crippen molar-refractivity contribution in [3.05, 3.63) is 25.3 Å². The molecule has 0 rings (SSSR count). The van der Waals surface area contributed by atoms with Crippen molar-refractivity contribution in [1.29, 1.82) is 0 Å². The first-order valence-electron chi connectivity index (χ1n) is 6.18. The molecule has 4 nitrogen and oxygen atoms in total. The Bertz CT molecular complexity index is 316. The molecule has 0 aromatic rings. The van der Waals surface area contributed by atoms with Gasteiger partial charge in [0.15, 0.2) is 0 Å². The number of esters is 2. The fourth-order valence-corrected chi connectivity index (χ4v) is 1.91. The van der Waals surface area contributed by atoms with Crippen molar-refractivity contribution in [3.8, 4) is 0 Å². The average Bonchev–Trinajstić information content (AvgIpc) is 2.41. The molecule has 0 aliphatic carbocycles. The normalized spacial score (nSPS) is 12.4. The Balaban J connectivity index is 5.11. The van der Waals surface area contributed by atoms with Crippen LogP contribution in [0.4, 0.5) is 0 Å². The van der Waals surface area contributed by atoms with Crippen LogP contribution < -0.4 is 0 Å². The number of rotatable bonds is 8. The topological polar surface area (TPSA) is 52.6 Å². The highest BCUT2D eigenvalue weighted by Crippen LogP contribution is 2.29. The molecule has 1 atom stereocenters. The Morgan fingerprint density at radius 2 is 1.61 bits per heavy atom. The summed E-state index contributed by atoms with van der Waals surface area (Å²) in [5, 5.41) is 0. The molecular formula is C14H22O4. The SMILES string of the molecule is C=CC(=O)OC(CC)C(CC)(CC)OC(=O)C=C. The van der Waals surface area contributed by atoms with Crippen molar-refractivity contribution in [2.24, 2.45) is 0 Å². The molecule has 0 radical (unpaired) electrons. The summed E-state index contributed by atoms with van der Waals surface area (Å²) >= 11 is 0. The Morgan fingerprint density at radius 1 is 1.11 bits per heavy atom. The van der Waals surface area contributed by atoms with Crippen molar-refractivity contribution in [2.45, 2.75) is 51.7 Å². The molecule has 0 N–H and O–H groups in total. The summed E-state index contributed by atoms with van der Waals surface area (Å²) in [4.78, 5) is 22.7. The van der Waals surface area contributed by atoms with Crippen LogP contribution in [0.15, 0.2) is 25.3 Å². The summed E-state index contributed by atoms with van der Waals surface area (Å²) in [5.74, 6) is -1.02. The van der Waals surface area contributed by atoms with Gasteiger partial charge in [-0.3, -0.25) is 0 Å². The molecule has 0 saturated carbocycles. The Morgan fingerprint density at radius 3 is 1.94 bits per heavy atom. The van der Waals surface area contributed by atoms with Crippen LogP contribution in [-0.2, 0) is 19.1 Å². The maximum atomic E-state index is 11.4. The lowest BCUT2D eigenvalue weighted by molar-refractivity contribution is -0.182. The van der Waals surface area contributed by atoms with Gasteiger partial charge in [0.05, 0.1) is 0 Å². The molecule has 0 aromatic heterocycles. The quantitative estimate of drug-likeness (QED) is 0.493. The van der Waals surface area contributed by atoms with E-state index >= 15 is 0 Å². The third kappa shape index (κ3) is 4.02. The van der Waals surface area contributed by atoms with Gasteiger partial charge in [-0.2, -0.15) is 0 Å². The van der Waals surface area contributed by atoms with Crippen LogP contribution in [0.1, 0.15) is 40.0 Å². The zero-order chi connectivity index (χ0) is 14.2. The van der Waals surface area contributed by atoms with Crippen molar-refractivity contribution in [3.63, 3.8) is 0 Å². The van der Waals surface area contributed by atoms with Gasteiger partial charge in [0.25, 0.3) is 0 Å². The second-order valence-electron chi connectivity index (χ2n) is 3.94. The lowest BCUT2D eigenvalue weighted by Gasteiger charge is -2.37. The molecule has 0 aliphatic heterocycles. The first-order valence-corrected chi connectivity index (χ1v) is 6.18. The highest BCUT2D eigenvalue weighted by molar-refractivity contribution is 5.82. The molecule has 0 amide bonds. The molecule has 0 spiro atoms. The molecule has 0 aromatic carbocycles. The Labute approximate surface area is 109 Å². The van der Waals surface area contributed by atoms with Crippen molar-refractivity contribution < 1.29 is 19.1 Å². The van der Waals surface area contributed by atoms with Crippen molar-refractivity contribution >= 4 is 11.9 Å². The zero-order valence-electron chi connectivity index (χ0n) is 11.4. The third-order valence-electron chi connectivity index (χ3n) is 3.05. The Hall–Kier alpha value is -1.58. The number of carbonyl (C=O) groups excluding carboxylic acids is 2. The van der Waals surface area contributed by atoms with Gasteiger partial charge >= 0.3 is 11.9 Å². The average molecular weight is 254 g/mol. The highest BCUT2D eigenvalue weighted by Gasteiger charge is 2.40. The van der Waals surface area contributed by atoms with E-state index in [1.54, 1.807) is 0 Å². The smallest absolute Gasteiger partial charge is 0.330 e. The van der Waals surface area contributed by atoms with Crippen LogP contribution >= 0.6 is 0 Å². The maximum Gasteiger partial charge on any atom is 0.330 e. The van der Waals surface area contributed by atoms with E-state index in [0.717, 1.165) is 12.2 Å². The van der Waals surface area contributed by atoms with Crippen LogP contribution in [0, 0.1) is 0 Å². The predicted molar refractivity (Wildman–Crippen MR) is 70.0 cm³/mol. The van der Waals surface area contributed by atoms with Crippen LogP contribution in [0.3, 0.4) is 0 Å². The largest absolute Gasteiger partial charge is 0.455 e. The van der Waals surface area contributed by atoms with Gasteiger partial charge in [-0.15, -0.1) is 0 Å². The van der Waals surface area contributed by atoms with Gasteiger partial charge in [0.1, 0.15) is 11.7 Å². The van der Waals surface area contributed by atoms with E-state index in [9.17, 15) is 9.59 Å². The van der Waals surface area contributed by atoms with Gasteiger partial charge in [-0.05, 0) is 19.3 Å². The second kappa shape index (κ2) is 7.69. The molecule has 0 aliphatic rings. The summed E-state index contributed by atoms with van der Waals surface area (Å²) in [6.45, 7) is 12.4. The van der Waals surface area contributed by atoms with Crippen LogP contribution in [0.2, 0.25) is 0 Å². The van der Waals surface area contributed by atoms with E-state index < -0.39 is 23.6 Å². The fourth-order valence-electron chi connectivity index (χ4n) is 1.91. The summed E-state index contributed by atoms with van der Waals surface area (Å²) in [7, 11) is 0. The molecule has 0 fully saturated rings. The van der Waals surface area contributed by atoms with Crippen LogP contribution in [-0.4, -0.2) is 23.6 Å². The van der Waals surface area contributed by atoms with E-state index in [4.69, 9.17) is 9.47 Å². The number of ether oxygens (including phenoxy) is 2. The monoisotopic (exact) mass is 254 g/mol. The molecule has 4 heteroatoms. The van der Waals surface area contributed by atoms with Gasteiger partial charge < -0.3 is 9.47 Å². The van der Waals surface area contributed by atoms with Gasteiger partial charge in [0, 0.05) is 12.2 Å². The zero-order valence-corrected chi connectivity index (χ0v) is 11.4. The minimum absolute atomic E-state index is 0.484. The summed E-state index contributed by atoms with van der Waals surface area (Å²) in [6.07, 6.45) is 3.42. The van der Waals surface area contributed by atoms with Crippen molar-refractivity contribution in [2.75, 3.05) is 0 Å². The van der Waals surface area contributed by atoms with Crippen LogP contribution in [0.25, 0.3) is 0 Å². The first kappa shape index (κ1) is 16.4. The van der Waals surface area contributed by atoms with Crippen molar-refractivity contribution in [1.82, 2.24) is 0 Å². The molecule has 18 heavy (non-hydrogen) atoms. The van der Waals surface area contributed by atoms with E-state index in [0.29, 0.717) is 19.3 Å². The third-order valence-corrected chi connectivity index (χ3v) is 3.05. The second-order valence-corrected chi connectivity index (χ2v) is 3.94. The van der Waals surface area contributed by atoms with Gasteiger partial charge in [-0.25, -0.2) is 9.59 Å². The summed E-state index contributed by atoms with van der Waals surface area (Å²) < 4.78 is 10.7. The standard InChI is InChI=1S/C14H22O4/c1-6-11(17-12(15)7-2)14(9-4,10-5)18-13(16)8-3/h7-8,11H,2-3,6,9-10H2,1,4-5H3. The van der Waals surface area contributed by atoms with Crippen LogP contribution in [0.5, 0.6) is 0 Å². The molecule has 0 saturated heterocycles.